The Hall–Kier alpha value is -2.57. The SMILES string of the molecule is COc1c(N2CCN(C3CCC(F)(F)CC3)CC2C(=O)Nc2ccnc(SN)c2)ccc(F)c1F. The Bertz CT molecular complexity index is 1070. The Morgan fingerprint density at radius 1 is 1.23 bits per heavy atom. The number of carbonyl (C=O) groups excluding carboxylic acids is 1. The number of hydrogen-bond acceptors (Lipinski definition) is 7. The number of halogens is 4. The van der Waals surface area contributed by atoms with Crippen LogP contribution in [0.25, 0.3) is 0 Å². The monoisotopic (exact) mass is 513 g/mol. The molecule has 190 valence electrons. The van der Waals surface area contributed by atoms with Crippen molar-refractivity contribution in [3.8, 4) is 5.75 Å². The van der Waals surface area contributed by atoms with E-state index in [1.54, 1.807) is 17.0 Å². The summed E-state index contributed by atoms with van der Waals surface area (Å²) >= 11 is 0.934. The molecule has 2 fully saturated rings. The highest BCUT2D eigenvalue weighted by atomic mass is 32.2. The highest BCUT2D eigenvalue weighted by Crippen LogP contribution is 2.38. The fourth-order valence-electron chi connectivity index (χ4n) is 4.76. The van der Waals surface area contributed by atoms with Gasteiger partial charge in [-0.2, -0.15) is 4.39 Å². The molecule has 2 aromatic rings. The number of nitrogens with zero attached hydrogens (tertiary/aromatic N) is 3. The van der Waals surface area contributed by atoms with Crippen LogP contribution in [0, 0.1) is 11.6 Å². The normalized spacial score (nSPS) is 21.1. The van der Waals surface area contributed by atoms with Gasteiger partial charge in [0.2, 0.25) is 17.6 Å². The summed E-state index contributed by atoms with van der Waals surface area (Å²) in [5, 5.41) is 8.91. The first kappa shape index (κ1) is 25.5. The van der Waals surface area contributed by atoms with Crippen molar-refractivity contribution >= 4 is 29.2 Å². The second kappa shape index (κ2) is 10.6. The molecule has 1 saturated carbocycles. The lowest BCUT2D eigenvalue weighted by Crippen LogP contribution is -2.60. The molecule has 2 heterocycles. The molecule has 4 rings (SSSR count). The first-order valence-corrected chi connectivity index (χ1v) is 12.1. The van der Waals surface area contributed by atoms with Crippen LogP contribution in [0.3, 0.4) is 0 Å². The summed E-state index contributed by atoms with van der Waals surface area (Å²) in [5.74, 6) is -5.54. The minimum absolute atomic E-state index is 0.0832. The topological polar surface area (TPSA) is 83.7 Å². The zero-order chi connectivity index (χ0) is 25.2. The molecule has 0 spiro atoms. The van der Waals surface area contributed by atoms with E-state index in [4.69, 9.17) is 9.88 Å². The predicted octanol–water partition coefficient (Wildman–Crippen LogP) is 4.04. The molecule has 1 saturated heterocycles. The van der Waals surface area contributed by atoms with Crippen molar-refractivity contribution < 1.29 is 27.1 Å². The van der Waals surface area contributed by atoms with Crippen molar-refractivity contribution in [3.05, 3.63) is 42.1 Å². The van der Waals surface area contributed by atoms with Gasteiger partial charge in [-0.1, -0.05) is 0 Å². The number of ether oxygens (including phenoxy) is 1. The van der Waals surface area contributed by atoms with E-state index < -0.39 is 23.6 Å². The van der Waals surface area contributed by atoms with Crippen molar-refractivity contribution in [2.24, 2.45) is 5.14 Å². The Balaban J connectivity index is 1.62. The van der Waals surface area contributed by atoms with E-state index in [0.717, 1.165) is 18.0 Å². The summed E-state index contributed by atoms with van der Waals surface area (Å²) in [4.78, 5) is 21.3. The molecule has 1 unspecified atom stereocenters. The third-order valence-electron chi connectivity index (χ3n) is 6.58. The third kappa shape index (κ3) is 5.65. The van der Waals surface area contributed by atoms with Gasteiger partial charge in [-0.25, -0.2) is 18.2 Å². The number of methoxy groups -OCH3 is 1. The minimum atomic E-state index is -2.66. The number of pyridine rings is 1. The van der Waals surface area contributed by atoms with Crippen LogP contribution in [0.2, 0.25) is 0 Å². The van der Waals surface area contributed by atoms with Crippen molar-refractivity contribution in [3.63, 3.8) is 0 Å². The average molecular weight is 514 g/mol. The van der Waals surface area contributed by atoms with Gasteiger partial charge < -0.3 is 15.0 Å². The van der Waals surface area contributed by atoms with Crippen LogP contribution in [-0.4, -0.2) is 60.5 Å². The molecule has 1 aromatic heterocycles. The smallest absolute Gasteiger partial charge is 0.248 e. The number of aromatic nitrogens is 1. The predicted molar refractivity (Wildman–Crippen MR) is 126 cm³/mol. The molecule has 3 N–H and O–H groups in total. The van der Waals surface area contributed by atoms with E-state index in [0.29, 0.717) is 36.6 Å². The van der Waals surface area contributed by atoms with E-state index in [2.05, 4.69) is 10.3 Å². The molecule has 7 nitrogen and oxygen atoms in total. The fraction of sp³-hybridized carbons (Fsp3) is 0.478. The van der Waals surface area contributed by atoms with Crippen molar-refractivity contribution in [1.29, 1.82) is 0 Å². The van der Waals surface area contributed by atoms with E-state index in [1.165, 1.54) is 19.4 Å². The van der Waals surface area contributed by atoms with Gasteiger partial charge in [0.1, 0.15) is 11.1 Å². The minimum Gasteiger partial charge on any atom is -0.491 e. The van der Waals surface area contributed by atoms with Crippen LogP contribution in [-0.2, 0) is 4.79 Å². The molecular formula is C23H27F4N5O2S. The number of piperazine rings is 1. The number of anilines is 2. The highest BCUT2D eigenvalue weighted by Gasteiger charge is 2.41. The lowest BCUT2D eigenvalue weighted by Gasteiger charge is -2.46. The van der Waals surface area contributed by atoms with E-state index in [9.17, 15) is 22.4 Å². The molecule has 0 radical (unpaired) electrons. The van der Waals surface area contributed by atoms with Crippen molar-refractivity contribution in [2.75, 3.05) is 37.0 Å². The Labute approximate surface area is 205 Å². The van der Waals surface area contributed by atoms with Crippen molar-refractivity contribution in [1.82, 2.24) is 9.88 Å². The maximum absolute atomic E-state index is 14.5. The van der Waals surface area contributed by atoms with Gasteiger partial charge in [0, 0.05) is 50.4 Å². The van der Waals surface area contributed by atoms with Gasteiger partial charge in [-0.3, -0.25) is 14.8 Å². The van der Waals surface area contributed by atoms with Gasteiger partial charge in [0.25, 0.3) is 0 Å². The number of rotatable bonds is 6. The summed E-state index contributed by atoms with van der Waals surface area (Å²) in [5.41, 5.74) is 0.721. The molecule has 0 bridgehead atoms. The van der Waals surface area contributed by atoms with Gasteiger partial charge in [0.15, 0.2) is 11.6 Å². The molecule has 1 aliphatic heterocycles. The summed E-state index contributed by atoms with van der Waals surface area (Å²) in [6.45, 7) is 1.01. The molecule has 12 heteroatoms. The van der Waals surface area contributed by atoms with Crippen LogP contribution in [0.5, 0.6) is 5.75 Å². The number of nitrogens with one attached hydrogen (secondary N) is 1. The third-order valence-corrected chi connectivity index (χ3v) is 7.05. The van der Waals surface area contributed by atoms with Crippen LogP contribution >= 0.6 is 11.9 Å². The first-order chi connectivity index (χ1) is 16.7. The number of benzene rings is 1. The van der Waals surface area contributed by atoms with Crippen LogP contribution in [0.4, 0.5) is 28.9 Å². The number of alkyl halides is 2. The lowest BCUT2D eigenvalue weighted by atomic mass is 9.90. The number of amides is 1. The number of nitrogens with two attached hydrogens (primary N) is 1. The number of carbonyl (C=O) groups is 1. The molecule has 1 amide bonds. The molecular weight excluding hydrogens is 486 g/mol. The summed E-state index contributed by atoms with van der Waals surface area (Å²) in [6.07, 6.45) is 1.79. The summed E-state index contributed by atoms with van der Waals surface area (Å²) in [6, 6.07) is 4.71. The maximum Gasteiger partial charge on any atom is 0.248 e. The molecule has 1 atom stereocenters. The Morgan fingerprint density at radius 2 is 1.97 bits per heavy atom. The molecule has 1 aromatic carbocycles. The van der Waals surface area contributed by atoms with Gasteiger partial charge >= 0.3 is 0 Å². The van der Waals surface area contributed by atoms with E-state index >= 15 is 0 Å². The Kier molecular flexibility index (Phi) is 7.72. The van der Waals surface area contributed by atoms with Crippen LogP contribution in [0.15, 0.2) is 35.5 Å². The zero-order valence-corrected chi connectivity index (χ0v) is 20.0. The van der Waals surface area contributed by atoms with Gasteiger partial charge in [-0.05, 0) is 49.1 Å². The second-order valence-electron chi connectivity index (χ2n) is 8.69. The zero-order valence-electron chi connectivity index (χ0n) is 19.1. The van der Waals surface area contributed by atoms with Crippen LogP contribution < -0.4 is 20.1 Å². The van der Waals surface area contributed by atoms with Crippen LogP contribution in [0.1, 0.15) is 25.7 Å². The second-order valence-corrected chi connectivity index (χ2v) is 9.35. The largest absolute Gasteiger partial charge is 0.491 e. The average Bonchev–Trinajstić information content (AvgIpc) is 2.85. The molecule has 35 heavy (non-hydrogen) atoms. The van der Waals surface area contributed by atoms with E-state index in [-0.39, 0.29) is 42.8 Å². The lowest BCUT2D eigenvalue weighted by molar-refractivity contribution is -0.119. The quantitative estimate of drug-likeness (QED) is 0.446. The van der Waals surface area contributed by atoms with Gasteiger partial charge in [0.05, 0.1) is 12.8 Å². The fourth-order valence-corrected chi connectivity index (χ4v) is 5.07. The van der Waals surface area contributed by atoms with Gasteiger partial charge in [-0.15, -0.1) is 0 Å². The first-order valence-electron chi connectivity index (χ1n) is 11.3. The maximum atomic E-state index is 14.5. The van der Waals surface area contributed by atoms with Crippen molar-refractivity contribution in [2.45, 2.75) is 48.7 Å². The highest BCUT2D eigenvalue weighted by molar-refractivity contribution is 7.97. The standard InChI is InChI=1S/C23H27F4N5O2S/c1-34-21-17(3-2-16(24)20(21)25)32-11-10-31(15-4-7-23(26,27)8-5-15)13-18(32)22(33)30-14-6-9-29-19(12-14)35-28/h2-3,6,9,12,15,18H,4-5,7-8,10-11,13,28H2,1H3,(H,29,30,33). The number of hydrogen-bond donors (Lipinski definition) is 2. The Morgan fingerprint density at radius 3 is 2.66 bits per heavy atom. The van der Waals surface area contributed by atoms with E-state index in [1.807, 2.05) is 4.90 Å². The summed E-state index contributed by atoms with van der Waals surface area (Å²) < 4.78 is 60.9. The summed E-state index contributed by atoms with van der Waals surface area (Å²) in [7, 11) is 1.23. The molecule has 2 aliphatic rings. The molecule has 1 aliphatic carbocycles.